The van der Waals surface area contributed by atoms with Gasteiger partial charge in [-0.1, -0.05) is 42.5 Å². The summed E-state index contributed by atoms with van der Waals surface area (Å²) in [6.07, 6.45) is 0.822. The van der Waals surface area contributed by atoms with Crippen molar-refractivity contribution < 1.29 is 23.8 Å². The Balaban J connectivity index is 1.67. The van der Waals surface area contributed by atoms with Gasteiger partial charge in [0.05, 0.1) is 13.7 Å². The molecule has 0 aliphatic carbocycles. The van der Waals surface area contributed by atoms with Crippen LogP contribution in [0.25, 0.3) is 11.3 Å². The molecule has 0 spiro atoms. The molecule has 0 saturated carbocycles. The van der Waals surface area contributed by atoms with Gasteiger partial charge in [-0.25, -0.2) is 9.59 Å². The Morgan fingerprint density at radius 2 is 2.00 bits per heavy atom. The number of carbonyl (C=O) groups is 2. The molecule has 7 heteroatoms. The van der Waals surface area contributed by atoms with Crippen LogP contribution in [0.3, 0.4) is 0 Å². The largest absolute Gasteiger partial charge is 0.497 e. The van der Waals surface area contributed by atoms with Gasteiger partial charge in [0.15, 0.2) is 0 Å². The average molecular weight is 406 g/mol. The van der Waals surface area contributed by atoms with E-state index in [0.29, 0.717) is 24.4 Å². The number of esters is 2. The van der Waals surface area contributed by atoms with Crippen molar-refractivity contribution in [3.05, 3.63) is 71.9 Å². The van der Waals surface area contributed by atoms with E-state index >= 15 is 0 Å². The standard InChI is InChI=1S/C23H22N2O5/c1-15-11-20(23(27)29-15)30-22(26)19-14-25(13-16-7-4-3-5-8-16)24-21(19)17-9-6-10-18(12-17)28-2/h3-10,12,14-15,20H,11,13H2,1-2H3/t15-,20-/m0/s1. The maximum Gasteiger partial charge on any atom is 0.347 e. The highest BCUT2D eigenvalue weighted by Gasteiger charge is 2.36. The maximum atomic E-state index is 13.0. The predicted octanol–water partition coefficient (Wildman–Crippen LogP) is 3.47. The molecule has 2 heterocycles. The first kappa shape index (κ1) is 19.7. The molecular weight excluding hydrogens is 384 g/mol. The summed E-state index contributed by atoms with van der Waals surface area (Å²) in [6, 6.07) is 17.1. The lowest BCUT2D eigenvalue weighted by atomic mass is 10.1. The molecule has 1 aliphatic rings. The van der Waals surface area contributed by atoms with Crippen LogP contribution >= 0.6 is 0 Å². The van der Waals surface area contributed by atoms with Gasteiger partial charge in [-0.15, -0.1) is 0 Å². The first-order chi connectivity index (χ1) is 14.5. The number of hydrogen-bond acceptors (Lipinski definition) is 6. The topological polar surface area (TPSA) is 79.7 Å². The minimum absolute atomic E-state index is 0.269. The van der Waals surface area contributed by atoms with E-state index in [-0.39, 0.29) is 11.7 Å². The van der Waals surface area contributed by atoms with Crippen LogP contribution in [0.1, 0.15) is 29.3 Å². The molecule has 2 aromatic carbocycles. The minimum Gasteiger partial charge on any atom is -0.497 e. The van der Waals surface area contributed by atoms with E-state index in [2.05, 4.69) is 5.10 Å². The lowest BCUT2D eigenvalue weighted by Crippen LogP contribution is -2.22. The quantitative estimate of drug-likeness (QED) is 0.583. The van der Waals surface area contributed by atoms with Crippen LogP contribution in [0.5, 0.6) is 5.75 Å². The number of hydrogen-bond donors (Lipinski definition) is 0. The van der Waals surface area contributed by atoms with Gasteiger partial charge < -0.3 is 14.2 Å². The zero-order chi connectivity index (χ0) is 21.1. The van der Waals surface area contributed by atoms with Crippen molar-refractivity contribution in [2.24, 2.45) is 0 Å². The normalized spacial score (nSPS) is 18.1. The van der Waals surface area contributed by atoms with Crippen LogP contribution in [0, 0.1) is 0 Å². The average Bonchev–Trinajstić information content (AvgIpc) is 3.31. The van der Waals surface area contributed by atoms with Crippen LogP contribution in [0.15, 0.2) is 60.8 Å². The number of nitrogens with zero attached hydrogens (tertiary/aromatic N) is 2. The highest BCUT2D eigenvalue weighted by Crippen LogP contribution is 2.28. The SMILES string of the molecule is COc1cccc(-c2nn(Cc3ccccc3)cc2C(=O)O[C@H]2C[C@H](C)OC2=O)c1. The molecule has 1 aromatic heterocycles. The monoisotopic (exact) mass is 406 g/mol. The summed E-state index contributed by atoms with van der Waals surface area (Å²) in [5.41, 5.74) is 2.52. The van der Waals surface area contributed by atoms with Crippen LogP contribution in [-0.4, -0.2) is 41.0 Å². The summed E-state index contributed by atoms with van der Waals surface area (Å²) in [7, 11) is 1.58. The molecule has 0 amide bonds. The highest BCUT2D eigenvalue weighted by atomic mass is 16.6. The van der Waals surface area contributed by atoms with Crippen LogP contribution in [0.2, 0.25) is 0 Å². The first-order valence-corrected chi connectivity index (χ1v) is 9.71. The molecule has 4 rings (SSSR count). The highest BCUT2D eigenvalue weighted by molar-refractivity contribution is 5.97. The number of aromatic nitrogens is 2. The third-order valence-corrected chi connectivity index (χ3v) is 4.89. The maximum absolute atomic E-state index is 13.0. The first-order valence-electron chi connectivity index (χ1n) is 9.71. The molecule has 7 nitrogen and oxygen atoms in total. The number of ether oxygens (including phenoxy) is 3. The fourth-order valence-corrected chi connectivity index (χ4v) is 3.41. The second kappa shape index (κ2) is 8.41. The van der Waals surface area contributed by atoms with E-state index < -0.39 is 18.0 Å². The van der Waals surface area contributed by atoms with Gasteiger partial charge in [-0.3, -0.25) is 4.68 Å². The van der Waals surface area contributed by atoms with Crippen LogP contribution < -0.4 is 4.74 Å². The summed E-state index contributed by atoms with van der Waals surface area (Å²) >= 11 is 0. The van der Waals surface area contributed by atoms with Gasteiger partial charge >= 0.3 is 11.9 Å². The van der Waals surface area contributed by atoms with Crippen molar-refractivity contribution in [3.8, 4) is 17.0 Å². The second-order valence-electron chi connectivity index (χ2n) is 7.18. The van der Waals surface area contributed by atoms with E-state index in [4.69, 9.17) is 14.2 Å². The van der Waals surface area contributed by atoms with Gasteiger partial charge in [0.25, 0.3) is 0 Å². The van der Waals surface area contributed by atoms with Gasteiger partial charge in [0, 0.05) is 18.2 Å². The fraction of sp³-hybridized carbons (Fsp3) is 0.261. The Hall–Kier alpha value is -3.61. The molecule has 1 saturated heterocycles. The lowest BCUT2D eigenvalue weighted by molar-refractivity contribution is -0.147. The molecule has 30 heavy (non-hydrogen) atoms. The van der Waals surface area contributed by atoms with Crippen LogP contribution in [0.4, 0.5) is 0 Å². The van der Waals surface area contributed by atoms with Gasteiger partial charge in [-0.2, -0.15) is 5.10 Å². The summed E-state index contributed by atoms with van der Waals surface area (Å²) in [5, 5.41) is 4.62. The third-order valence-electron chi connectivity index (χ3n) is 4.89. The van der Waals surface area contributed by atoms with Crippen LogP contribution in [-0.2, 0) is 20.8 Å². The molecule has 0 bridgehead atoms. The van der Waals surface area contributed by atoms with Crippen molar-refractivity contribution in [2.75, 3.05) is 7.11 Å². The molecule has 0 unspecified atom stereocenters. The Kier molecular flexibility index (Phi) is 5.52. The smallest absolute Gasteiger partial charge is 0.347 e. The Bertz CT molecular complexity index is 1060. The van der Waals surface area contributed by atoms with Gasteiger partial charge in [0.1, 0.15) is 23.1 Å². The molecule has 2 atom stereocenters. The van der Waals surface area contributed by atoms with Crippen molar-refractivity contribution in [2.45, 2.75) is 32.1 Å². The summed E-state index contributed by atoms with van der Waals surface area (Å²) in [5.74, 6) is -0.476. The minimum atomic E-state index is -0.900. The molecule has 1 fully saturated rings. The Labute approximate surface area is 174 Å². The summed E-state index contributed by atoms with van der Waals surface area (Å²) in [6.45, 7) is 2.26. The zero-order valence-electron chi connectivity index (χ0n) is 16.8. The number of methoxy groups -OCH3 is 1. The predicted molar refractivity (Wildman–Crippen MR) is 109 cm³/mol. The molecular formula is C23H22N2O5. The van der Waals surface area contributed by atoms with E-state index in [9.17, 15) is 9.59 Å². The number of cyclic esters (lactones) is 1. The van der Waals surface area contributed by atoms with E-state index in [1.807, 2.05) is 48.5 Å². The van der Waals surface area contributed by atoms with Crippen molar-refractivity contribution >= 4 is 11.9 Å². The molecule has 0 N–H and O–H groups in total. The van der Waals surface area contributed by atoms with E-state index in [1.165, 1.54) is 0 Å². The van der Waals surface area contributed by atoms with E-state index in [0.717, 1.165) is 11.1 Å². The molecule has 1 aliphatic heterocycles. The number of benzene rings is 2. The van der Waals surface area contributed by atoms with Gasteiger partial charge in [0.2, 0.25) is 6.10 Å². The fourth-order valence-electron chi connectivity index (χ4n) is 3.41. The number of carbonyl (C=O) groups excluding carboxylic acids is 2. The second-order valence-corrected chi connectivity index (χ2v) is 7.18. The Morgan fingerprint density at radius 1 is 1.20 bits per heavy atom. The van der Waals surface area contributed by atoms with Gasteiger partial charge in [-0.05, 0) is 24.6 Å². The Morgan fingerprint density at radius 3 is 2.70 bits per heavy atom. The zero-order valence-corrected chi connectivity index (χ0v) is 16.8. The number of rotatable bonds is 6. The van der Waals surface area contributed by atoms with E-state index in [1.54, 1.807) is 31.0 Å². The lowest BCUT2D eigenvalue weighted by Gasteiger charge is -2.08. The molecule has 3 aromatic rings. The van der Waals surface area contributed by atoms with Crippen molar-refractivity contribution in [1.29, 1.82) is 0 Å². The van der Waals surface area contributed by atoms with Crippen molar-refractivity contribution in [3.63, 3.8) is 0 Å². The van der Waals surface area contributed by atoms with Crippen molar-refractivity contribution in [1.82, 2.24) is 9.78 Å². The molecule has 0 radical (unpaired) electrons. The summed E-state index contributed by atoms with van der Waals surface area (Å²) < 4.78 is 17.5. The molecule has 154 valence electrons. The summed E-state index contributed by atoms with van der Waals surface area (Å²) in [4.78, 5) is 24.9. The third kappa shape index (κ3) is 4.20.